The number of sulfonamides is 1. The summed E-state index contributed by atoms with van der Waals surface area (Å²) in [5.41, 5.74) is 1.19. The second-order valence-corrected chi connectivity index (χ2v) is 8.30. The first-order valence-electron chi connectivity index (χ1n) is 7.12. The average molecular weight is 362 g/mol. The van der Waals surface area contributed by atoms with Crippen molar-refractivity contribution in [1.82, 2.24) is 4.31 Å². The Hall–Kier alpha value is -1.45. The number of likely N-dealkylation sites (N-methyl/N-ethyl adjacent to an activating group) is 1. The lowest BCUT2D eigenvalue weighted by molar-refractivity contribution is -0.116. The first-order chi connectivity index (χ1) is 10.6. The van der Waals surface area contributed by atoms with Gasteiger partial charge in [-0.05, 0) is 25.8 Å². The molecule has 0 aromatic carbocycles. The molecule has 7 nitrogen and oxygen atoms in total. The van der Waals surface area contributed by atoms with Gasteiger partial charge in [-0.25, -0.2) is 13.2 Å². The molecule has 0 radical (unpaired) electrons. The molecule has 1 heterocycles. The van der Waals surface area contributed by atoms with Crippen molar-refractivity contribution in [3.05, 3.63) is 16.0 Å². The molecule has 1 aromatic heterocycles. The number of carbonyl (C=O) groups is 2. The van der Waals surface area contributed by atoms with Crippen LogP contribution >= 0.6 is 11.3 Å². The van der Waals surface area contributed by atoms with E-state index in [1.54, 1.807) is 6.92 Å². The summed E-state index contributed by atoms with van der Waals surface area (Å²) in [7, 11) is -2.13. The molecular formula is C14H22N2O5S2. The molecule has 0 unspecified atom stereocenters. The Balaban J connectivity index is 3.04. The van der Waals surface area contributed by atoms with Crippen molar-refractivity contribution in [1.29, 1.82) is 0 Å². The normalized spacial score (nSPS) is 11.6. The second kappa shape index (κ2) is 7.89. The smallest absolute Gasteiger partial charge is 0.341 e. The van der Waals surface area contributed by atoms with E-state index in [9.17, 15) is 18.0 Å². The molecule has 1 aromatic rings. The van der Waals surface area contributed by atoms with Gasteiger partial charge in [-0.3, -0.25) is 4.79 Å². The average Bonchev–Trinajstić information content (AvgIpc) is 2.73. The van der Waals surface area contributed by atoms with E-state index in [4.69, 9.17) is 4.74 Å². The number of amides is 1. The highest BCUT2D eigenvalue weighted by Gasteiger charge is 2.24. The Bertz CT molecular complexity index is 694. The van der Waals surface area contributed by atoms with Crippen LogP contribution in [-0.2, 0) is 26.0 Å². The molecule has 0 atom stereocenters. The molecule has 0 aliphatic rings. The van der Waals surface area contributed by atoms with Crippen LogP contribution in [0.4, 0.5) is 5.00 Å². The van der Waals surface area contributed by atoms with Crippen LogP contribution < -0.4 is 5.32 Å². The molecule has 9 heteroatoms. The molecule has 0 saturated carbocycles. The fraction of sp³-hybridized carbons (Fsp3) is 0.571. The van der Waals surface area contributed by atoms with E-state index in [2.05, 4.69) is 5.32 Å². The Labute approximate surface area is 140 Å². The first kappa shape index (κ1) is 19.6. The van der Waals surface area contributed by atoms with Crippen LogP contribution in [0.2, 0.25) is 0 Å². The minimum Gasteiger partial charge on any atom is -0.462 e. The quantitative estimate of drug-likeness (QED) is 0.744. The van der Waals surface area contributed by atoms with E-state index in [0.717, 1.165) is 21.0 Å². The number of nitrogens with one attached hydrogen (secondary N) is 1. The lowest BCUT2D eigenvalue weighted by Crippen LogP contribution is -2.34. The molecule has 1 rings (SSSR count). The molecule has 0 bridgehead atoms. The number of rotatable bonds is 7. The van der Waals surface area contributed by atoms with Gasteiger partial charge in [0.15, 0.2) is 0 Å². The topological polar surface area (TPSA) is 92.8 Å². The summed E-state index contributed by atoms with van der Waals surface area (Å²) < 4.78 is 28.7. The largest absolute Gasteiger partial charge is 0.462 e. The summed E-state index contributed by atoms with van der Waals surface area (Å²) in [5, 5.41) is 3.01. The lowest BCUT2D eigenvalue weighted by Gasteiger charge is -2.13. The van der Waals surface area contributed by atoms with Crippen molar-refractivity contribution in [2.75, 3.05) is 31.8 Å². The van der Waals surface area contributed by atoms with E-state index < -0.39 is 21.9 Å². The minimum absolute atomic E-state index is 0.237. The standard InChI is InChI=1S/C14H22N2O5S2/c1-6-10-9(3)22-13(12(10)14(18)21-7-2)15-11(17)8-16(4)23(5,19)20/h6-8H2,1-5H3,(H,15,17). The fourth-order valence-corrected chi connectivity index (χ4v) is 3.50. The van der Waals surface area contributed by atoms with Crippen LogP contribution in [0.3, 0.4) is 0 Å². The van der Waals surface area contributed by atoms with Gasteiger partial charge < -0.3 is 10.1 Å². The van der Waals surface area contributed by atoms with Gasteiger partial charge in [0.25, 0.3) is 0 Å². The molecule has 0 fully saturated rings. The Morgan fingerprint density at radius 3 is 2.39 bits per heavy atom. The summed E-state index contributed by atoms with van der Waals surface area (Å²) in [6.45, 7) is 5.41. The van der Waals surface area contributed by atoms with E-state index in [1.807, 2.05) is 13.8 Å². The molecule has 0 saturated heterocycles. The molecule has 0 aliphatic carbocycles. The zero-order chi connectivity index (χ0) is 17.8. The third kappa shape index (κ3) is 5.02. The summed E-state index contributed by atoms with van der Waals surface area (Å²) in [5.74, 6) is -0.993. The number of ether oxygens (including phenoxy) is 1. The molecule has 23 heavy (non-hydrogen) atoms. The zero-order valence-electron chi connectivity index (χ0n) is 13.9. The number of thiophene rings is 1. The molecule has 0 spiro atoms. The number of anilines is 1. The Morgan fingerprint density at radius 1 is 1.30 bits per heavy atom. The van der Waals surface area contributed by atoms with Gasteiger partial charge in [0.2, 0.25) is 15.9 Å². The Morgan fingerprint density at radius 2 is 1.91 bits per heavy atom. The number of esters is 1. The molecule has 1 amide bonds. The second-order valence-electron chi connectivity index (χ2n) is 4.98. The fourth-order valence-electron chi connectivity index (χ4n) is 2.00. The van der Waals surface area contributed by atoms with Crippen molar-refractivity contribution >= 4 is 38.2 Å². The maximum absolute atomic E-state index is 12.1. The van der Waals surface area contributed by atoms with Gasteiger partial charge in [-0.2, -0.15) is 4.31 Å². The number of hydrogen-bond donors (Lipinski definition) is 1. The maximum atomic E-state index is 12.1. The zero-order valence-corrected chi connectivity index (χ0v) is 15.6. The lowest BCUT2D eigenvalue weighted by atomic mass is 10.1. The van der Waals surface area contributed by atoms with E-state index >= 15 is 0 Å². The SMILES string of the molecule is CCOC(=O)c1c(NC(=O)CN(C)S(C)(=O)=O)sc(C)c1CC. The highest BCUT2D eigenvalue weighted by molar-refractivity contribution is 7.88. The number of carbonyl (C=O) groups excluding carboxylic acids is 2. The molecular weight excluding hydrogens is 340 g/mol. The van der Waals surface area contributed by atoms with Gasteiger partial charge in [-0.1, -0.05) is 6.92 Å². The summed E-state index contributed by atoms with van der Waals surface area (Å²) in [6, 6.07) is 0. The van der Waals surface area contributed by atoms with E-state index in [1.165, 1.54) is 18.4 Å². The summed E-state index contributed by atoms with van der Waals surface area (Å²) >= 11 is 1.28. The van der Waals surface area contributed by atoms with Crippen LogP contribution in [-0.4, -0.2) is 51.1 Å². The van der Waals surface area contributed by atoms with Crippen LogP contribution in [0.5, 0.6) is 0 Å². The van der Waals surface area contributed by atoms with Crippen molar-refractivity contribution in [3.63, 3.8) is 0 Å². The van der Waals surface area contributed by atoms with Crippen molar-refractivity contribution in [2.45, 2.75) is 27.2 Å². The van der Waals surface area contributed by atoms with Gasteiger partial charge in [0.1, 0.15) is 5.00 Å². The van der Waals surface area contributed by atoms with Gasteiger partial charge in [-0.15, -0.1) is 11.3 Å². The van der Waals surface area contributed by atoms with Crippen molar-refractivity contribution in [3.8, 4) is 0 Å². The monoisotopic (exact) mass is 362 g/mol. The summed E-state index contributed by atoms with van der Waals surface area (Å²) in [6.07, 6.45) is 1.66. The highest BCUT2D eigenvalue weighted by atomic mass is 32.2. The third-order valence-corrected chi connectivity index (χ3v) is 5.55. The maximum Gasteiger partial charge on any atom is 0.341 e. The van der Waals surface area contributed by atoms with Gasteiger partial charge in [0.05, 0.1) is 25.0 Å². The van der Waals surface area contributed by atoms with Crippen LogP contribution in [0, 0.1) is 6.92 Å². The van der Waals surface area contributed by atoms with Crippen molar-refractivity contribution in [2.24, 2.45) is 0 Å². The number of aryl methyl sites for hydroxylation is 1. The predicted molar refractivity (Wildman–Crippen MR) is 90.5 cm³/mol. The minimum atomic E-state index is -3.45. The van der Waals surface area contributed by atoms with E-state index in [-0.39, 0.29) is 13.2 Å². The molecule has 0 aliphatic heterocycles. The Kier molecular flexibility index (Phi) is 6.72. The predicted octanol–water partition coefficient (Wildman–Crippen LogP) is 1.63. The van der Waals surface area contributed by atoms with Crippen molar-refractivity contribution < 1.29 is 22.7 Å². The van der Waals surface area contributed by atoms with Gasteiger partial charge in [0, 0.05) is 11.9 Å². The van der Waals surface area contributed by atoms with Gasteiger partial charge >= 0.3 is 5.97 Å². The van der Waals surface area contributed by atoms with Crippen LogP contribution in [0.15, 0.2) is 0 Å². The molecule has 1 N–H and O–H groups in total. The summed E-state index contributed by atoms with van der Waals surface area (Å²) in [4.78, 5) is 25.1. The third-order valence-electron chi connectivity index (χ3n) is 3.23. The van der Waals surface area contributed by atoms with E-state index in [0.29, 0.717) is 17.0 Å². The number of hydrogen-bond acceptors (Lipinski definition) is 6. The van der Waals surface area contributed by atoms with Crippen LogP contribution in [0.25, 0.3) is 0 Å². The van der Waals surface area contributed by atoms with Crippen LogP contribution in [0.1, 0.15) is 34.6 Å². The number of nitrogens with zero attached hydrogens (tertiary/aromatic N) is 1. The molecule has 130 valence electrons. The first-order valence-corrected chi connectivity index (χ1v) is 9.78. The highest BCUT2D eigenvalue weighted by Crippen LogP contribution is 2.34.